The first-order valence-electron chi connectivity index (χ1n) is 17.7. The molecule has 0 N–H and O–H groups in total. The first kappa shape index (κ1) is 35.0. The number of nitrogens with zero attached hydrogens (tertiary/aromatic N) is 1. The number of fused-ring (bicyclic) bond motifs is 3. The highest BCUT2D eigenvalue weighted by molar-refractivity contribution is 6.07. The molecule has 0 spiro atoms. The van der Waals surface area contributed by atoms with E-state index in [1.54, 1.807) is 0 Å². The molecule has 0 saturated carbocycles. The van der Waals surface area contributed by atoms with Crippen LogP contribution in [-0.4, -0.2) is 0 Å². The molecule has 0 aliphatic carbocycles. The summed E-state index contributed by atoms with van der Waals surface area (Å²) in [7, 11) is 0. The summed E-state index contributed by atoms with van der Waals surface area (Å²) in [6, 6.07) is 55.9. The number of aryl methyl sites for hydroxylation is 7. The highest BCUT2D eigenvalue weighted by Crippen LogP contribution is 2.39. The summed E-state index contributed by atoms with van der Waals surface area (Å²) in [6.45, 7) is 14.7. The smallest absolute Gasteiger partial charge is 0.137 e. The van der Waals surface area contributed by atoms with Crippen LogP contribution in [0, 0.1) is 48.5 Å². The Morgan fingerprint density at radius 2 is 0.588 bits per heavy atom. The molecular weight excluding hydrogens is 619 g/mol. The lowest BCUT2D eigenvalue weighted by Gasteiger charge is -2.25. The van der Waals surface area contributed by atoms with Crippen LogP contribution in [0.1, 0.15) is 38.9 Å². The van der Waals surface area contributed by atoms with Gasteiger partial charge in [0.15, 0.2) is 0 Å². The molecular formula is C49H47NO. The maximum atomic E-state index is 6.41. The molecule has 0 unspecified atom stereocenters. The van der Waals surface area contributed by atoms with Gasteiger partial charge in [0, 0.05) is 33.9 Å². The summed E-state index contributed by atoms with van der Waals surface area (Å²) < 4.78 is 6.41. The van der Waals surface area contributed by atoms with Crippen molar-refractivity contribution < 1.29 is 4.42 Å². The largest absolute Gasteiger partial charge is 0.456 e. The van der Waals surface area contributed by atoms with Crippen molar-refractivity contribution in [2.75, 3.05) is 4.90 Å². The normalized spacial score (nSPS) is 10.6. The number of furan rings is 1. The number of rotatable bonds is 4. The minimum Gasteiger partial charge on any atom is -0.456 e. The van der Waals surface area contributed by atoms with Crippen LogP contribution in [-0.2, 0) is 0 Å². The summed E-state index contributed by atoms with van der Waals surface area (Å²) >= 11 is 0. The molecule has 1 heterocycles. The molecule has 0 radical (unpaired) electrons. The Hall–Kier alpha value is -5.86. The average Bonchev–Trinajstić information content (AvgIpc) is 3.50. The molecule has 8 aromatic rings. The molecule has 254 valence electrons. The number of hydrogen-bond acceptors (Lipinski definition) is 2. The van der Waals surface area contributed by atoms with Crippen molar-refractivity contribution in [3.8, 4) is 11.1 Å². The fourth-order valence-electron chi connectivity index (χ4n) is 5.94. The van der Waals surface area contributed by atoms with E-state index < -0.39 is 0 Å². The van der Waals surface area contributed by atoms with E-state index >= 15 is 0 Å². The zero-order valence-corrected chi connectivity index (χ0v) is 30.9. The molecule has 8 rings (SSSR count). The number of hydrogen-bond donors (Lipinski definition) is 0. The van der Waals surface area contributed by atoms with Gasteiger partial charge < -0.3 is 9.32 Å². The van der Waals surface area contributed by atoms with Gasteiger partial charge in [-0.2, -0.15) is 0 Å². The minimum absolute atomic E-state index is 0.891. The van der Waals surface area contributed by atoms with Crippen LogP contribution >= 0.6 is 0 Å². The second-order valence-corrected chi connectivity index (χ2v) is 13.7. The van der Waals surface area contributed by atoms with Gasteiger partial charge in [0.05, 0.1) is 0 Å². The maximum absolute atomic E-state index is 6.41. The van der Waals surface area contributed by atoms with E-state index in [1.165, 1.54) is 44.5 Å². The molecule has 0 bridgehead atoms. The SMILES string of the molecule is Cc1ccc(-c2ccc3c(c2)oc2cc(N(c4ccc(C)cc4)c4ccc(C)cc4)ccc23)cc1.Cc1ccc(C)cc1.Cc1ccc(C)cc1. The van der Waals surface area contributed by atoms with Gasteiger partial charge in [-0.3, -0.25) is 0 Å². The summed E-state index contributed by atoms with van der Waals surface area (Å²) in [5.74, 6) is 0. The fourth-order valence-corrected chi connectivity index (χ4v) is 5.94. The van der Waals surface area contributed by atoms with E-state index in [0.29, 0.717) is 0 Å². The van der Waals surface area contributed by atoms with Crippen molar-refractivity contribution in [3.05, 3.63) is 197 Å². The van der Waals surface area contributed by atoms with Gasteiger partial charge in [0.2, 0.25) is 0 Å². The fraction of sp³-hybridized carbons (Fsp3) is 0.143. The first-order chi connectivity index (χ1) is 24.6. The molecule has 2 heteroatoms. The topological polar surface area (TPSA) is 16.4 Å². The molecule has 0 aliphatic heterocycles. The molecule has 0 saturated heterocycles. The van der Waals surface area contributed by atoms with E-state index in [9.17, 15) is 0 Å². The van der Waals surface area contributed by atoms with Gasteiger partial charge in [-0.25, -0.2) is 0 Å². The Morgan fingerprint density at radius 3 is 1.00 bits per heavy atom. The van der Waals surface area contributed by atoms with Gasteiger partial charge in [-0.1, -0.05) is 142 Å². The lowest BCUT2D eigenvalue weighted by atomic mass is 10.0. The first-order valence-corrected chi connectivity index (χ1v) is 17.7. The van der Waals surface area contributed by atoms with Gasteiger partial charge in [-0.05, 0) is 108 Å². The molecule has 1 aromatic heterocycles. The van der Waals surface area contributed by atoms with E-state index in [1.807, 2.05) is 0 Å². The molecule has 0 atom stereocenters. The zero-order valence-electron chi connectivity index (χ0n) is 30.9. The Morgan fingerprint density at radius 1 is 0.294 bits per heavy atom. The minimum atomic E-state index is 0.891. The predicted molar refractivity (Wildman–Crippen MR) is 220 cm³/mol. The van der Waals surface area contributed by atoms with E-state index in [-0.39, 0.29) is 0 Å². The zero-order chi connectivity index (χ0) is 35.9. The molecule has 7 aromatic carbocycles. The third-order valence-corrected chi connectivity index (χ3v) is 9.12. The van der Waals surface area contributed by atoms with Crippen LogP contribution in [0.25, 0.3) is 33.1 Å². The second kappa shape index (κ2) is 15.8. The summed E-state index contributed by atoms with van der Waals surface area (Å²) in [5, 5.41) is 2.27. The Balaban J connectivity index is 0.000000230. The number of anilines is 3. The van der Waals surface area contributed by atoms with Gasteiger partial charge in [-0.15, -0.1) is 0 Å². The second-order valence-electron chi connectivity index (χ2n) is 13.7. The van der Waals surface area contributed by atoms with Crippen molar-refractivity contribution >= 4 is 39.0 Å². The van der Waals surface area contributed by atoms with Crippen molar-refractivity contribution in [1.82, 2.24) is 0 Å². The lowest BCUT2D eigenvalue weighted by molar-refractivity contribution is 0.669. The summed E-state index contributed by atoms with van der Waals surface area (Å²) in [6.07, 6.45) is 0. The Labute approximate surface area is 303 Å². The Bertz CT molecular complexity index is 2200. The van der Waals surface area contributed by atoms with Crippen molar-refractivity contribution in [2.45, 2.75) is 48.5 Å². The summed E-state index contributed by atoms with van der Waals surface area (Å²) in [4.78, 5) is 2.28. The van der Waals surface area contributed by atoms with Crippen LogP contribution in [0.15, 0.2) is 162 Å². The third kappa shape index (κ3) is 8.84. The maximum Gasteiger partial charge on any atom is 0.137 e. The van der Waals surface area contributed by atoms with Crippen LogP contribution in [0.4, 0.5) is 17.1 Å². The Kier molecular flexibility index (Phi) is 10.8. The van der Waals surface area contributed by atoms with Crippen molar-refractivity contribution in [2.24, 2.45) is 0 Å². The van der Waals surface area contributed by atoms with E-state index in [2.05, 4.69) is 211 Å². The monoisotopic (exact) mass is 665 g/mol. The van der Waals surface area contributed by atoms with Crippen molar-refractivity contribution in [3.63, 3.8) is 0 Å². The highest BCUT2D eigenvalue weighted by Gasteiger charge is 2.16. The average molecular weight is 666 g/mol. The van der Waals surface area contributed by atoms with E-state index in [0.717, 1.165) is 44.6 Å². The van der Waals surface area contributed by atoms with Crippen LogP contribution in [0.5, 0.6) is 0 Å². The quantitative estimate of drug-likeness (QED) is 0.186. The van der Waals surface area contributed by atoms with Crippen LogP contribution < -0.4 is 4.90 Å². The van der Waals surface area contributed by atoms with Crippen molar-refractivity contribution in [1.29, 1.82) is 0 Å². The number of benzene rings is 7. The van der Waals surface area contributed by atoms with Crippen LogP contribution in [0.2, 0.25) is 0 Å². The lowest BCUT2D eigenvalue weighted by Crippen LogP contribution is -2.09. The van der Waals surface area contributed by atoms with Gasteiger partial charge in [0.25, 0.3) is 0 Å². The van der Waals surface area contributed by atoms with Gasteiger partial charge in [0.1, 0.15) is 11.2 Å². The standard InChI is InChI=1S/C33H27NO.2C8H10/c1-22-4-10-25(11-5-22)26-12-18-30-31-19-17-29(21-33(31)35-32(30)20-26)34(27-13-6-23(2)7-14-27)28-15-8-24(3)9-16-28;2*1-7-3-5-8(2)6-4-7/h4-21H,1-3H3;2*3-6H,1-2H3. The molecule has 0 fully saturated rings. The predicted octanol–water partition coefficient (Wildman–Crippen LogP) is 14.3. The third-order valence-electron chi connectivity index (χ3n) is 9.12. The van der Waals surface area contributed by atoms with Gasteiger partial charge >= 0.3 is 0 Å². The van der Waals surface area contributed by atoms with Crippen LogP contribution in [0.3, 0.4) is 0 Å². The van der Waals surface area contributed by atoms with E-state index in [4.69, 9.17) is 4.42 Å². The molecule has 0 aliphatic rings. The highest BCUT2D eigenvalue weighted by atomic mass is 16.3. The molecule has 2 nitrogen and oxygen atoms in total. The summed E-state index contributed by atoms with van der Waals surface area (Å²) in [5.41, 5.74) is 16.5. The molecule has 51 heavy (non-hydrogen) atoms. The molecule has 0 amide bonds.